The highest BCUT2D eigenvalue weighted by Gasteiger charge is 2.36. The summed E-state index contributed by atoms with van der Waals surface area (Å²) in [4.78, 5) is 0. The molecule has 0 saturated heterocycles. The molecule has 1 N–H and O–H groups in total. The van der Waals surface area contributed by atoms with E-state index in [-0.39, 0.29) is 11.2 Å². The van der Waals surface area contributed by atoms with Gasteiger partial charge >= 0.3 is 0 Å². The predicted octanol–water partition coefficient (Wildman–Crippen LogP) is 1.61. The Kier molecular flexibility index (Phi) is 4.59. The third-order valence-corrected chi connectivity index (χ3v) is 4.82. The lowest BCUT2D eigenvalue weighted by Gasteiger charge is -2.31. The molecular formula is C10H22O3S. The van der Waals surface area contributed by atoms with Crippen molar-refractivity contribution in [2.24, 2.45) is 5.41 Å². The highest BCUT2D eigenvalue weighted by atomic mass is 32.2. The molecule has 3 nitrogen and oxygen atoms in total. The topological polar surface area (TPSA) is 54.4 Å². The Balaban J connectivity index is 4.93. The van der Waals surface area contributed by atoms with E-state index in [1.54, 1.807) is 13.8 Å². The second-order valence-electron chi connectivity index (χ2n) is 4.71. The number of rotatable bonds is 4. The van der Waals surface area contributed by atoms with Crippen molar-refractivity contribution in [3.05, 3.63) is 0 Å². The van der Waals surface area contributed by atoms with Gasteiger partial charge in [0.05, 0.1) is 11.4 Å². The van der Waals surface area contributed by atoms with Crippen LogP contribution in [0.25, 0.3) is 0 Å². The van der Waals surface area contributed by atoms with E-state index in [4.69, 9.17) is 0 Å². The van der Waals surface area contributed by atoms with Gasteiger partial charge in [0.25, 0.3) is 0 Å². The minimum atomic E-state index is -3.14. The van der Waals surface area contributed by atoms with Crippen molar-refractivity contribution in [2.75, 3.05) is 5.75 Å². The van der Waals surface area contributed by atoms with Crippen LogP contribution < -0.4 is 0 Å². The summed E-state index contributed by atoms with van der Waals surface area (Å²) in [5.74, 6) is 0.0959. The summed E-state index contributed by atoms with van der Waals surface area (Å²) in [6.45, 7) is 8.97. The summed E-state index contributed by atoms with van der Waals surface area (Å²) < 4.78 is 23.3. The predicted molar refractivity (Wildman–Crippen MR) is 59.0 cm³/mol. The van der Waals surface area contributed by atoms with E-state index in [0.717, 1.165) is 0 Å². The first-order valence-electron chi connectivity index (χ1n) is 5.06. The van der Waals surface area contributed by atoms with Gasteiger partial charge in [-0.2, -0.15) is 0 Å². The van der Waals surface area contributed by atoms with E-state index in [1.807, 2.05) is 20.8 Å². The van der Waals surface area contributed by atoms with Gasteiger partial charge in [-0.25, -0.2) is 8.42 Å². The van der Waals surface area contributed by atoms with Crippen LogP contribution in [-0.2, 0) is 9.84 Å². The zero-order chi connectivity index (χ0) is 11.6. The van der Waals surface area contributed by atoms with Crippen molar-refractivity contribution in [2.45, 2.75) is 52.4 Å². The Morgan fingerprint density at radius 1 is 1.21 bits per heavy atom. The Bertz CT molecular complexity index is 262. The lowest BCUT2D eigenvalue weighted by atomic mass is 9.86. The van der Waals surface area contributed by atoms with E-state index >= 15 is 0 Å². The lowest BCUT2D eigenvalue weighted by molar-refractivity contribution is 0.0579. The molecule has 0 heterocycles. The highest BCUT2D eigenvalue weighted by molar-refractivity contribution is 7.92. The minimum Gasteiger partial charge on any atom is -0.391 e. The zero-order valence-corrected chi connectivity index (χ0v) is 10.6. The minimum absolute atomic E-state index is 0.0959. The maximum Gasteiger partial charge on any atom is 0.155 e. The summed E-state index contributed by atoms with van der Waals surface area (Å²) in [5.41, 5.74) is -0.386. The van der Waals surface area contributed by atoms with Crippen molar-refractivity contribution in [1.29, 1.82) is 0 Å². The van der Waals surface area contributed by atoms with Crippen LogP contribution in [0.2, 0.25) is 0 Å². The molecule has 86 valence electrons. The molecule has 4 heteroatoms. The zero-order valence-electron chi connectivity index (χ0n) is 9.74. The first-order chi connectivity index (χ1) is 6.16. The molecule has 0 aromatic heterocycles. The van der Waals surface area contributed by atoms with Crippen LogP contribution in [-0.4, -0.2) is 30.6 Å². The van der Waals surface area contributed by atoms with Gasteiger partial charge in [-0.1, -0.05) is 34.6 Å². The van der Waals surface area contributed by atoms with Crippen LogP contribution in [0.4, 0.5) is 0 Å². The van der Waals surface area contributed by atoms with Crippen LogP contribution in [0.5, 0.6) is 0 Å². The van der Waals surface area contributed by atoms with Crippen molar-refractivity contribution < 1.29 is 13.5 Å². The van der Waals surface area contributed by atoms with Gasteiger partial charge < -0.3 is 5.11 Å². The molecule has 0 radical (unpaired) electrons. The van der Waals surface area contributed by atoms with E-state index in [9.17, 15) is 13.5 Å². The number of aliphatic hydroxyl groups excluding tert-OH is 1. The molecule has 0 aromatic rings. The largest absolute Gasteiger partial charge is 0.391 e. The Hall–Kier alpha value is -0.0900. The van der Waals surface area contributed by atoms with Crippen molar-refractivity contribution >= 4 is 9.84 Å². The van der Waals surface area contributed by atoms with Crippen LogP contribution in [0, 0.1) is 5.41 Å². The molecule has 0 bridgehead atoms. The third-order valence-electron chi connectivity index (χ3n) is 2.51. The summed E-state index contributed by atoms with van der Waals surface area (Å²) in [7, 11) is -3.14. The molecule has 0 aliphatic carbocycles. The maximum absolute atomic E-state index is 11.7. The van der Waals surface area contributed by atoms with Crippen LogP contribution in [0.15, 0.2) is 0 Å². The van der Waals surface area contributed by atoms with Gasteiger partial charge in [0, 0.05) is 5.75 Å². The molecule has 0 rings (SSSR count). The smallest absolute Gasteiger partial charge is 0.155 e. The van der Waals surface area contributed by atoms with Gasteiger partial charge in [0.15, 0.2) is 9.84 Å². The van der Waals surface area contributed by atoms with E-state index in [1.165, 1.54) is 0 Å². The fourth-order valence-corrected chi connectivity index (χ4v) is 3.18. The van der Waals surface area contributed by atoms with E-state index in [2.05, 4.69) is 0 Å². The van der Waals surface area contributed by atoms with Gasteiger partial charge in [-0.05, 0) is 11.8 Å². The second-order valence-corrected chi connectivity index (χ2v) is 7.22. The Morgan fingerprint density at radius 3 is 1.86 bits per heavy atom. The SMILES string of the molecule is CC[C@@H]([C@H](O)C(C)(C)C)S(=O)(=O)CC. The second kappa shape index (κ2) is 4.62. The van der Waals surface area contributed by atoms with Crippen LogP contribution in [0.3, 0.4) is 0 Å². The normalized spacial score (nSPS) is 17.9. The molecule has 0 saturated carbocycles. The number of hydrogen-bond donors (Lipinski definition) is 1. The monoisotopic (exact) mass is 222 g/mol. The van der Waals surface area contributed by atoms with Crippen molar-refractivity contribution in [3.63, 3.8) is 0 Å². The average molecular weight is 222 g/mol. The quantitative estimate of drug-likeness (QED) is 0.786. The third kappa shape index (κ3) is 3.24. The van der Waals surface area contributed by atoms with Crippen molar-refractivity contribution in [1.82, 2.24) is 0 Å². The number of aliphatic hydroxyl groups is 1. The molecule has 0 unspecified atom stereocenters. The molecule has 0 spiro atoms. The first kappa shape index (κ1) is 13.9. The summed E-state index contributed by atoms with van der Waals surface area (Å²) in [6.07, 6.45) is -0.327. The van der Waals surface area contributed by atoms with Gasteiger partial charge in [-0.3, -0.25) is 0 Å². The molecule has 0 aromatic carbocycles. The lowest BCUT2D eigenvalue weighted by Crippen LogP contribution is -2.42. The molecule has 2 atom stereocenters. The van der Waals surface area contributed by atoms with E-state index in [0.29, 0.717) is 6.42 Å². The molecule has 0 aliphatic rings. The highest BCUT2D eigenvalue weighted by Crippen LogP contribution is 2.27. The van der Waals surface area contributed by atoms with Crippen LogP contribution >= 0.6 is 0 Å². The molecular weight excluding hydrogens is 200 g/mol. The summed E-state index contributed by atoms with van der Waals surface area (Å²) in [6, 6.07) is 0. The van der Waals surface area contributed by atoms with Gasteiger partial charge in [0.2, 0.25) is 0 Å². The first-order valence-corrected chi connectivity index (χ1v) is 6.78. The number of hydrogen-bond acceptors (Lipinski definition) is 3. The average Bonchev–Trinajstić information content (AvgIpc) is 2.03. The van der Waals surface area contributed by atoms with Gasteiger partial charge in [-0.15, -0.1) is 0 Å². The molecule has 0 fully saturated rings. The summed E-state index contributed by atoms with van der Waals surface area (Å²) >= 11 is 0. The maximum atomic E-state index is 11.7. The van der Waals surface area contributed by atoms with E-state index < -0.39 is 21.2 Å². The standard InChI is InChI=1S/C10H22O3S/c1-6-8(14(12,13)7-2)9(11)10(3,4)5/h8-9,11H,6-7H2,1-5H3/t8-,9-/m0/s1. The molecule has 0 aliphatic heterocycles. The molecule has 14 heavy (non-hydrogen) atoms. The fourth-order valence-electron chi connectivity index (χ4n) is 1.45. The Morgan fingerprint density at radius 2 is 1.64 bits per heavy atom. The van der Waals surface area contributed by atoms with Gasteiger partial charge in [0.1, 0.15) is 0 Å². The molecule has 0 amide bonds. The fraction of sp³-hybridized carbons (Fsp3) is 1.00. The van der Waals surface area contributed by atoms with Crippen molar-refractivity contribution in [3.8, 4) is 0 Å². The van der Waals surface area contributed by atoms with Crippen LogP contribution in [0.1, 0.15) is 41.0 Å². The summed E-state index contributed by atoms with van der Waals surface area (Å²) in [5, 5.41) is 9.30. The number of sulfone groups is 1. The Labute approximate surface area is 87.4 Å².